The van der Waals surface area contributed by atoms with Gasteiger partial charge in [-0.05, 0) is 0 Å². The molecule has 1 saturated heterocycles. The number of hydrogen-bond donors (Lipinski definition) is 0. The number of fused-ring (bicyclic) bond motifs is 6. The van der Waals surface area contributed by atoms with Crippen molar-refractivity contribution in [2.75, 3.05) is 0 Å². The Morgan fingerprint density at radius 2 is 0.923 bits per heavy atom. The van der Waals surface area contributed by atoms with E-state index in [1.165, 1.54) is 41.0 Å². The molecule has 1 fully saturated rings. The Morgan fingerprint density at radius 1 is 0.538 bits per heavy atom. The predicted molar refractivity (Wildman–Crippen MR) is 158 cm³/mol. The Morgan fingerprint density at radius 3 is 1.28 bits per heavy atom. The molecule has 7 rings (SSSR count). The van der Waals surface area contributed by atoms with Crippen LogP contribution in [0.15, 0.2) is 83.9 Å². The van der Waals surface area contributed by atoms with Crippen molar-refractivity contribution in [2.24, 2.45) is 10.8 Å². The van der Waals surface area contributed by atoms with Crippen LogP contribution in [0.3, 0.4) is 0 Å². The maximum absolute atomic E-state index is 2.94. The third kappa shape index (κ3) is 4.34. The van der Waals surface area contributed by atoms with Crippen molar-refractivity contribution in [3.8, 4) is 0 Å². The van der Waals surface area contributed by atoms with Gasteiger partial charge < -0.3 is 24.8 Å². The summed E-state index contributed by atoms with van der Waals surface area (Å²) < 4.78 is 4.39. The maximum Gasteiger partial charge on any atom is -1.00 e. The van der Waals surface area contributed by atoms with Crippen LogP contribution in [-0.4, -0.2) is 0 Å². The molecule has 0 radical (unpaired) electrons. The van der Waals surface area contributed by atoms with Gasteiger partial charge in [-0.2, -0.15) is 0 Å². The molecule has 4 aromatic carbocycles. The first-order chi connectivity index (χ1) is 17.6. The third-order valence-electron chi connectivity index (χ3n) is 9.56. The fourth-order valence-electron chi connectivity index (χ4n) is 7.69. The molecule has 0 aromatic heterocycles. The fraction of sp³-hybridized carbons (Fsp3) is 0.333. The number of benzene rings is 4. The van der Waals surface area contributed by atoms with E-state index in [1.54, 1.807) is 22.3 Å². The monoisotopic (exact) mass is 720 g/mol. The summed E-state index contributed by atoms with van der Waals surface area (Å²) in [6.07, 6.45) is 5.28. The summed E-state index contributed by atoms with van der Waals surface area (Å²) in [4.78, 5) is 0. The Bertz CT molecular complexity index is 1540. The predicted octanol–water partition coefficient (Wildman–Crippen LogP) is 4.67. The topological polar surface area (TPSA) is 0 Å². The molecule has 3 aliphatic rings. The second-order valence-electron chi connectivity index (χ2n) is 13.9. The van der Waals surface area contributed by atoms with E-state index < -0.39 is 20.0 Å². The van der Waals surface area contributed by atoms with Gasteiger partial charge in [0.1, 0.15) is 0 Å². The van der Waals surface area contributed by atoms with Crippen molar-refractivity contribution >= 4 is 33.7 Å². The Kier molecular flexibility index (Phi) is 7.18. The first kappa shape index (κ1) is 28.8. The van der Waals surface area contributed by atoms with Crippen LogP contribution in [-0.2, 0) is 20.0 Å². The average Bonchev–Trinajstić information content (AvgIpc) is 3.36. The van der Waals surface area contributed by atoms with Crippen LogP contribution >= 0.6 is 0 Å². The van der Waals surface area contributed by atoms with Crippen LogP contribution in [0.2, 0.25) is 8.35 Å². The zero-order chi connectivity index (χ0) is 25.7. The molecule has 0 spiro atoms. The third-order valence-corrected chi connectivity index (χ3v) is 28.2. The van der Waals surface area contributed by atoms with Crippen molar-refractivity contribution in [1.82, 2.24) is 0 Å². The van der Waals surface area contributed by atoms with Crippen molar-refractivity contribution in [2.45, 2.75) is 57.2 Å². The van der Waals surface area contributed by atoms with Crippen LogP contribution in [0, 0.1) is 10.8 Å². The first-order valence-corrected chi connectivity index (χ1v) is 23.3. The molecule has 2 unspecified atom stereocenters. The van der Waals surface area contributed by atoms with Crippen LogP contribution in [0.25, 0.3) is 33.7 Å². The molecule has 3 heteroatoms. The van der Waals surface area contributed by atoms with Gasteiger partial charge in [-0.1, -0.05) is 0 Å². The molecule has 0 amide bonds. The maximum atomic E-state index is 2.64. The van der Waals surface area contributed by atoms with Gasteiger partial charge in [-0.15, -0.1) is 0 Å². The molecule has 4 aromatic rings. The summed E-state index contributed by atoms with van der Waals surface area (Å²) in [7, 11) is 0. The number of allylic oxidation sites excluding steroid dienone is 2. The molecule has 0 bridgehead atoms. The van der Waals surface area contributed by atoms with E-state index in [1.807, 2.05) is 0 Å². The number of rotatable bonds is 2. The van der Waals surface area contributed by atoms with Crippen LogP contribution in [0.4, 0.5) is 0 Å². The van der Waals surface area contributed by atoms with E-state index >= 15 is 0 Å². The minimum Gasteiger partial charge on any atom is -1.00 e. The number of halogens is 2. The van der Waals surface area contributed by atoms with Gasteiger partial charge in [0.15, 0.2) is 0 Å². The summed E-state index contributed by atoms with van der Waals surface area (Å²) in [5, 5.41) is 5.64. The molecule has 2 atom stereocenters. The van der Waals surface area contributed by atoms with Gasteiger partial charge in [-0.25, -0.2) is 0 Å². The molecule has 2 aliphatic carbocycles. The minimum atomic E-state index is -2.94. The zero-order valence-corrected chi connectivity index (χ0v) is 29.0. The molecule has 0 saturated carbocycles. The molecular weight excluding hydrogens is 682 g/mol. The second kappa shape index (κ2) is 9.71. The van der Waals surface area contributed by atoms with Crippen LogP contribution in [0.1, 0.15) is 71.1 Å². The smallest absolute Gasteiger partial charge is 1.00 e. The second-order valence-corrected chi connectivity index (χ2v) is 30.5. The standard InChI is InChI=1S/2C17H17.C2H4.2ClH.Hf/c2*1-17(2,3)14-10-13-9-8-12-6-4-5-7-15(12)16(13)11-14;1-2;;;/h2*4-11H,1-3H3;1-2H2;2*1H;/q;;;;;+2/p-2. The summed E-state index contributed by atoms with van der Waals surface area (Å²) >= 11 is -2.94. The van der Waals surface area contributed by atoms with E-state index in [-0.39, 0.29) is 35.6 Å². The van der Waals surface area contributed by atoms with Crippen molar-refractivity contribution in [1.29, 1.82) is 0 Å². The molecule has 1 aliphatic heterocycles. The average molecular weight is 720 g/mol. The van der Waals surface area contributed by atoms with E-state index in [0.29, 0.717) is 7.35 Å². The van der Waals surface area contributed by atoms with Gasteiger partial charge in [0, 0.05) is 0 Å². The largest absolute Gasteiger partial charge is 1.00 e. The molecule has 0 nitrogen and oxygen atoms in total. The summed E-state index contributed by atoms with van der Waals surface area (Å²) in [5.74, 6) is 0. The Hall–Kier alpha value is -1.67. The van der Waals surface area contributed by atoms with Crippen molar-refractivity contribution in [3.05, 3.63) is 106 Å². The van der Waals surface area contributed by atoms with Crippen LogP contribution < -0.4 is 24.8 Å². The quantitative estimate of drug-likeness (QED) is 0.265. The Labute approximate surface area is 251 Å². The molecule has 1 heterocycles. The summed E-state index contributed by atoms with van der Waals surface area (Å²) in [6.45, 7) is 14.8. The minimum absolute atomic E-state index is 0. The van der Waals surface area contributed by atoms with Crippen LogP contribution in [0.5, 0.6) is 0 Å². The summed E-state index contributed by atoms with van der Waals surface area (Å²) in [5.41, 5.74) is 10.2. The normalized spacial score (nSPS) is 20.2. The fourth-order valence-corrected chi connectivity index (χ4v) is 37.0. The van der Waals surface area contributed by atoms with E-state index in [9.17, 15) is 0 Å². The number of hydrogen-bond acceptors (Lipinski definition) is 0. The van der Waals surface area contributed by atoms with E-state index in [2.05, 4.69) is 126 Å². The molecule has 39 heavy (non-hydrogen) atoms. The van der Waals surface area contributed by atoms with Gasteiger partial charge in [0.25, 0.3) is 0 Å². The van der Waals surface area contributed by atoms with Crippen molar-refractivity contribution in [3.63, 3.8) is 0 Å². The zero-order valence-electron chi connectivity index (χ0n) is 23.9. The van der Waals surface area contributed by atoms with Gasteiger partial charge in [-0.3, -0.25) is 0 Å². The SMILES string of the molecule is CC(C)(C)C1=Cc2c(ccc3ccccc23)[CH]1[Hf+2]1([CH]2C(C(C)(C)C)=Cc3c2ccc2ccccc32)[CH2][CH2]1.[Cl-].[Cl-]. The van der Waals surface area contributed by atoms with Gasteiger partial charge in [0.05, 0.1) is 0 Å². The Balaban J connectivity index is 0.00000154. The van der Waals surface area contributed by atoms with Gasteiger partial charge in [0.2, 0.25) is 0 Å². The first-order valence-electron chi connectivity index (χ1n) is 14.1. The van der Waals surface area contributed by atoms with E-state index in [0.717, 1.165) is 0 Å². The molecule has 0 N–H and O–H groups in total. The molecule has 200 valence electrons. The molecular formula is C36H38Cl2Hf. The van der Waals surface area contributed by atoms with E-state index in [4.69, 9.17) is 0 Å². The van der Waals surface area contributed by atoms with Gasteiger partial charge >= 0.3 is 228 Å². The van der Waals surface area contributed by atoms with Crippen molar-refractivity contribution < 1.29 is 44.8 Å². The summed E-state index contributed by atoms with van der Waals surface area (Å²) in [6, 6.07) is 27.9.